The number of benzene rings is 1. The van der Waals surface area contributed by atoms with Crippen LogP contribution in [0, 0.1) is 5.82 Å². The van der Waals surface area contributed by atoms with E-state index in [0.717, 1.165) is 19.4 Å². The van der Waals surface area contributed by atoms with E-state index in [-0.39, 0.29) is 5.82 Å². The van der Waals surface area contributed by atoms with Crippen molar-refractivity contribution in [2.24, 2.45) is 0 Å². The number of hydrogen-bond acceptors (Lipinski definition) is 2. The first-order valence-electron chi connectivity index (χ1n) is 5.86. The van der Waals surface area contributed by atoms with E-state index in [1.54, 1.807) is 13.2 Å². The van der Waals surface area contributed by atoms with Crippen molar-refractivity contribution in [2.45, 2.75) is 31.7 Å². The first-order chi connectivity index (χ1) is 7.81. The van der Waals surface area contributed by atoms with E-state index in [1.165, 1.54) is 18.9 Å². The Labute approximate surface area is 95.8 Å². The summed E-state index contributed by atoms with van der Waals surface area (Å²) in [4.78, 5) is 0. The number of halogens is 1. The van der Waals surface area contributed by atoms with Gasteiger partial charge < -0.3 is 10.1 Å². The standard InChI is InChI=1S/C13H18FNO/c1-16-13-6-2-5-12(14)11(13)8-7-10-4-3-9-15-10/h2,5-6,10,15H,3-4,7-9H2,1H3. The van der Waals surface area contributed by atoms with Crippen LogP contribution in [0.2, 0.25) is 0 Å². The molecule has 1 saturated heterocycles. The zero-order chi connectivity index (χ0) is 11.4. The van der Waals surface area contributed by atoms with Gasteiger partial charge in [0, 0.05) is 11.6 Å². The minimum atomic E-state index is -0.155. The number of nitrogens with one attached hydrogen (secondary N) is 1. The Morgan fingerprint density at radius 1 is 1.50 bits per heavy atom. The van der Waals surface area contributed by atoms with Crippen LogP contribution >= 0.6 is 0 Å². The Bertz CT molecular complexity index is 348. The molecule has 2 rings (SSSR count). The maximum absolute atomic E-state index is 13.6. The lowest BCUT2D eigenvalue weighted by atomic mass is 10.0. The molecule has 16 heavy (non-hydrogen) atoms. The molecule has 1 N–H and O–H groups in total. The minimum Gasteiger partial charge on any atom is -0.496 e. The number of hydrogen-bond donors (Lipinski definition) is 1. The fourth-order valence-electron chi connectivity index (χ4n) is 2.29. The molecule has 0 amide bonds. The summed E-state index contributed by atoms with van der Waals surface area (Å²) in [6.45, 7) is 1.10. The van der Waals surface area contributed by atoms with Crippen molar-refractivity contribution in [2.75, 3.05) is 13.7 Å². The first-order valence-corrected chi connectivity index (χ1v) is 5.86. The van der Waals surface area contributed by atoms with Gasteiger partial charge in [0.15, 0.2) is 0 Å². The molecule has 0 radical (unpaired) electrons. The second-order valence-corrected chi connectivity index (χ2v) is 4.25. The summed E-state index contributed by atoms with van der Waals surface area (Å²) in [6, 6.07) is 5.55. The van der Waals surface area contributed by atoms with Gasteiger partial charge >= 0.3 is 0 Å². The van der Waals surface area contributed by atoms with E-state index in [1.807, 2.05) is 6.07 Å². The molecule has 2 nitrogen and oxygen atoms in total. The van der Waals surface area contributed by atoms with Crippen LogP contribution in [0.1, 0.15) is 24.8 Å². The average Bonchev–Trinajstić information content (AvgIpc) is 2.80. The van der Waals surface area contributed by atoms with Gasteiger partial charge in [0.2, 0.25) is 0 Å². The molecule has 1 aliphatic heterocycles. The van der Waals surface area contributed by atoms with E-state index < -0.39 is 0 Å². The van der Waals surface area contributed by atoms with Crippen molar-refractivity contribution in [3.05, 3.63) is 29.6 Å². The van der Waals surface area contributed by atoms with Crippen molar-refractivity contribution >= 4 is 0 Å². The predicted molar refractivity (Wildman–Crippen MR) is 62.3 cm³/mol. The Hall–Kier alpha value is -1.09. The molecule has 0 aromatic heterocycles. The molecule has 0 saturated carbocycles. The monoisotopic (exact) mass is 223 g/mol. The quantitative estimate of drug-likeness (QED) is 0.847. The van der Waals surface area contributed by atoms with Crippen LogP contribution in [-0.2, 0) is 6.42 Å². The maximum Gasteiger partial charge on any atom is 0.130 e. The van der Waals surface area contributed by atoms with E-state index >= 15 is 0 Å². The summed E-state index contributed by atoms with van der Waals surface area (Å²) in [7, 11) is 1.59. The van der Waals surface area contributed by atoms with Crippen LogP contribution in [0.4, 0.5) is 4.39 Å². The van der Waals surface area contributed by atoms with Gasteiger partial charge in [0.1, 0.15) is 11.6 Å². The third kappa shape index (κ3) is 2.53. The van der Waals surface area contributed by atoms with Gasteiger partial charge in [0.25, 0.3) is 0 Å². The molecule has 0 spiro atoms. The third-order valence-electron chi connectivity index (χ3n) is 3.20. The van der Waals surface area contributed by atoms with Gasteiger partial charge in [-0.1, -0.05) is 6.07 Å². The fourth-order valence-corrected chi connectivity index (χ4v) is 2.29. The lowest BCUT2D eigenvalue weighted by molar-refractivity contribution is 0.402. The lowest BCUT2D eigenvalue weighted by Gasteiger charge is -2.12. The van der Waals surface area contributed by atoms with Gasteiger partial charge in [-0.25, -0.2) is 4.39 Å². The van der Waals surface area contributed by atoms with Gasteiger partial charge in [-0.05, 0) is 44.4 Å². The molecule has 1 aromatic rings. The average molecular weight is 223 g/mol. The third-order valence-corrected chi connectivity index (χ3v) is 3.20. The highest BCUT2D eigenvalue weighted by atomic mass is 19.1. The van der Waals surface area contributed by atoms with Crippen molar-refractivity contribution in [1.82, 2.24) is 5.32 Å². The number of methoxy groups -OCH3 is 1. The van der Waals surface area contributed by atoms with E-state index in [4.69, 9.17) is 4.74 Å². The van der Waals surface area contributed by atoms with Gasteiger partial charge in [0.05, 0.1) is 7.11 Å². The summed E-state index contributed by atoms with van der Waals surface area (Å²) in [5.74, 6) is 0.510. The summed E-state index contributed by atoms with van der Waals surface area (Å²) < 4.78 is 18.8. The smallest absolute Gasteiger partial charge is 0.130 e. The highest BCUT2D eigenvalue weighted by Gasteiger charge is 2.16. The number of rotatable bonds is 4. The lowest BCUT2D eigenvalue weighted by Crippen LogP contribution is -2.21. The topological polar surface area (TPSA) is 21.3 Å². The zero-order valence-electron chi connectivity index (χ0n) is 9.63. The Morgan fingerprint density at radius 3 is 3.06 bits per heavy atom. The van der Waals surface area contributed by atoms with E-state index in [2.05, 4.69) is 5.32 Å². The largest absolute Gasteiger partial charge is 0.496 e. The van der Waals surface area contributed by atoms with Gasteiger partial charge in [-0.3, -0.25) is 0 Å². The summed E-state index contributed by atoms with van der Waals surface area (Å²) in [6.07, 6.45) is 4.17. The highest BCUT2D eigenvalue weighted by Crippen LogP contribution is 2.24. The molecule has 1 atom stereocenters. The molecule has 1 heterocycles. The molecule has 0 aliphatic carbocycles. The summed E-state index contributed by atoms with van der Waals surface area (Å²) >= 11 is 0. The van der Waals surface area contributed by atoms with E-state index in [0.29, 0.717) is 17.4 Å². The second-order valence-electron chi connectivity index (χ2n) is 4.25. The molecule has 88 valence electrons. The van der Waals surface area contributed by atoms with Crippen LogP contribution in [0.3, 0.4) is 0 Å². The van der Waals surface area contributed by atoms with Crippen molar-refractivity contribution in [3.63, 3.8) is 0 Å². The Kier molecular flexibility index (Phi) is 3.78. The summed E-state index contributed by atoms with van der Waals surface area (Å²) in [5.41, 5.74) is 0.707. The van der Waals surface area contributed by atoms with Crippen molar-refractivity contribution < 1.29 is 9.13 Å². The van der Waals surface area contributed by atoms with Crippen LogP contribution < -0.4 is 10.1 Å². The molecule has 3 heteroatoms. The molecule has 0 bridgehead atoms. The second kappa shape index (κ2) is 5.30. The van der Waals surface area contributed by atoms with Crippen LogP contribution in [0.25, 0.3) is 0 Å². The molecule has 1 aromatic carbocycles. The molecule has 1 fully saturated rings. The maximum atomic E-state index is 13.6. The zero-order valence-corrected chi connectivity index (χ0v) is 9.63. The SMILES string of the molecule is COc1cccc(F)c1CCC1CCCN1. The van der Waals surface area contributed by atoms with E-state index in [9.17, 15) is 4.39 Å². The van der Waals surface area contributed by atoms with Crippen LogP contribution in [0.5, 0.6) is 5.75 Å². The van der Waals surface area contributed by atoms with Crippen molar-refractivity contribution in [3.8, 4) is 5.75 Å². The molecule has 1 unspecified atom stereocenters. The molecular weight excluding hydrogens is 205 g/mol. The number of ether oxygens (including phenoxy) is 1. The first kappa shape index (κ1) is 11.4. The molecular formula is C13H18FNO. The molecule has 1 aliphatic rings. The Morgan fingerprint density at radius 2 is 2.38 bits per heavy atom. The van der Waals surface area contributed by atoms with Gasteiger partial charge in [-0.15, -0.1) is 0 Å². The summed E-state index contributed by atoms with van der Waals surface area (Å²) in [5, 5.41) is 3.42. The fraction of sp³-hybridized carbons (Fsp3) is 0.538. The van der Waals surface area contributed by atoms with Gasteiger partial charge in [-0.2, -0.15) is 0 Å². The predicted octanol–water partition coefficient (Wildman–Crippen LogP) is 2.52. The minimum absolute atomic E-state index is 0.155. The van der Waals surface area contributed by atoms with Crippen molar-refractivity contribution in [1.29, 1.82) is 0 Å². The highest BCUT2D eigenvalue weighted by molar-refractivity contribution is 5.34. The van der Waals surface area contributed by atoms with Crippen LogP contribution in [0.15, 0.2) is 18.2 Å². The van der Waals surface area contributed by atoms with Crippen LogP contribution in [-0.4, -0.2) is 19.7 Å². The Balaban J connectivity index is 2.01. The normalized spacial score (nSPS) is 20.0.